The molecule has 0 aliphatic rings. The zero-order chi connectivity index (χ0) is 14.5. The summed E-state index contributed by atoms with van der Waals surface area (Å²) in [6.07, 6.45) is 6.14. The summed E-state index contributed by atoms with van der Waals surface area (Å²) in [4.78, 5) is 15.9. The highest BCUT2D eigenvalue weighted by Crippen LogP contribution is 2.28. The molecule has 0 fully saturated rings. The van der Waals surface area contributed by atoms with Crippen molar-refractivity contribution < 1.29 is 4.79 Å². The molecule has 0 saturated carbocycles. The average Bonchev–Trinajstić information content (AvgIpc) is 2.93. The molecule has 2 rings (SSSR count). The summed E-state index contributed by atoms with van der Waals surface area (Å²) < 4.78 is 1.95. The van der Waals surface area contributed by atoms with Crippen LogP contribution in [0.15, 0.2) is 30.9 Å². The van der Waals surface area contributed by atoms with Crippen molar-refractivity contribution in [3.8, 4) is 0 Å². The standard InChI is InChI=1S/C13H14Cl2N4O/c14-10-6-9(7-11(15)12(10)16)13(20)18-2-1-4-19-5-3-17-8-19/h3,5-8H,1-2,4,16H2,(H,18,20). The number of carbonyl (C=O) groups excluding carboxylic acids is 1. The lowest BCUT2D eigenvalue weighted by Crippen LogP contribution is -2.25. The number of nitrogens with one attached hydrogen (secondary N) is 1. The van der Waals surface area contributed by atoms with Crippen LogP contribution in [-0.2, 0) is 6.54 Å². The molecule has 106 valence electrons. The van der Waals surface area contributed by atoms with Crippen LogP contribution in [0, 0.1) is 0 Å². The number of halogens is 2. The van der Waals surface area contributed by atoms with Crippen molar-refractivity contribution in [1.29, 1.82) is 0 Å². The lowest BCUT2D eigenvalue weighted by Gasteiger charge is -2.08. The van der Waals surface area contributed by atoms with Crippen molar-refractivity contribution in [2.45, 2.75) is 13.0 Å². The van der Waals surface area contributed by atoms with Gasteiger partial charge in [-0.1, -0.05) is 23.2 Å². The SMILES string of the molecule is Nc1c(Cl)cc(C(=O)NCCCn2ccnc2)cc1Cl. The van der Waals surface area contributed by atoms with Crippen molar-refractivity contribution >= 4 is 34.8 Å². The first kappa shape index (κ1) is 14.7. The molecule has 3 N–H and O–H groups in total. The summed E-state index contributed by atoms with van der Waals surface area (Å²) in [6, 6.07) is 3.02. The quantitative estimate of drug-likeness (QED) is 0.658. The second-order valence-corrected chi connectivity index (χ2v) is 5.08. The largest absolute Gasteiger partial charge is 0.396 e. The number of hydrogen-bond acceptors (Lipinski definition) is 3. The maximum absolute atomic E-state index is 11.9. The zero-order valence-electron chi connectivity index (χ0n) is 10.6. The smallest absolute Gasteiger partial charge is 0.251 e. The van der Waals surface area contributed by atoms with Gasteiger partial charge in [-0.25, -0.2) is 4.98 Å². The Morgan fingerprint density at radius 3 is 2.65 bits per heavy atom. The van der Waals surface area contributed by atoms with Gasteiger partial charge in [0.1, 0.15) is 0 Å². The maximum atomic E-state index is 11.9. The molecule has 2 aromatic rings. The first-order valence-electron chi connectivity index (χ1n) is 6.06. The molecule has 5 nitrogen and oxygen atoms in total. The van der Waals surface area contributed by atoms with Crippen molar-refractivity contribution in [3.63, 3.8) is 0 Å². The van der Waals surface area contributed by atoms with Crippen molar-refractivity contribution in [1.82, 2.24) is 14.9 Å². The minimum atomic E-state index is -0.223. The normalized spacial score (nSPS) is 10.5. The summed E-state index contributed by atoms with van der Waals surface area (Å²) in [6.45, 7) is 1.35. The Morgan fingerprint density at radius 1 is 1.35 bits per heavy atom. The number of nitrogen functional groups attached to an aromatic ring is 1. The number of nitrogens with zero attached hydrogens (tertiary/aromatic N) is 2. The molecule has 0 saturated heterocycles. The van der Waals surface area contributed by atoms with E-state index in [9.17, 15) is 4.79 Å². The predicted octanol–water partition coefficient (Wildman–Crippen LogP) is 2.59. The molecule has 1 amide bonds. The van der Waals surface area contributed by atoms with E-state index in [4.69, 9.17) is 28.9 Å². The lowest BCUT2D eigenvalue weighted by molar-refractivity contribution is 0.0953. The van der Waals surface area contributed by atoms with Gasteiger partial charge in [0.2, 0.25) is 0 Å². The number of rotatable bonds is 5. The molecule has 1 aromatic heterocycles. The van der Waals surface area contributed by atoms with Crippen LogP contribution in [0.2, 0.25) is 10.0 Å². The molecule has 1 aromatic carbocycles. The van der Waals surface area contributed by atoms with E-state index in [1.54, 1.807) is 12.5 Å². The van der Waals surface area contributed by atoms with Crippen LogP contribution < -0.4 is 11.1 Å². The molecule has 0 atom stereocenters. The highest BCUT2D eigenvalue weighted by molar-refractivity contribution is 6.39. The lowest BCUT2D eigenvalue weighted by atomic mass is 10.2. The molecule has 0 aliphatic carbocycles. The maximum Gasteiger partial charge on any atom is 0.251 e. The number of nitrogens with two attached hydrogens (primary N) is 1. The van der Waals surface area contributed by atoms with E-state index in [1.165, 1.54) is 12.1 Å². The third kappa shape index (κ3) is 3.65. The van der Waals surface area contributed by atoms with E-state index in [0.29, 0.717) is 12.1 Å². The van der Waals surface area contributed by atoms with Crippen LogP contribution in [-0.4, -0.2) is 22.0 Å². The number of aromatic nitrogens is 2. The van der Waals surface area contributed by atoms with Crippen LogP contribution in [0.1, 0.15) is 16.8 Å². The highest BCUT2D eigenvalue weighted by atomic mass is 35.5. The van der Waals surface area contributed by atoms with Crippen LogP contribution in [0.5, 0.6) is 0 Å². The second-order valence-electron chi connectivity index (χ2n) is 4.26. The van der Waals surface area contributed by atoms with E-state index < -0.39 is 0 Å². The molecular weight excluding hydrogens is 299 g/mol. The van der Waals surface area contributed by atoms with Gasteiger partial charge in [0, 0.05) is 31.0 Å². The summed E-state index contributed by atoms with van der Waals surface area (Å²) in [7, 11) is 0. The van der Waals surface area contributed by atoms with Crippen LogP contribution >= 0.6 is 23.2 Å². The summed E-state index contributed by atoms with van der Waals surface area (Å²) in [5.41, 5.74) is 6.30. The molecule has 1 heterocycles. The van der Waals surface area contributed by atoms with Crippen molar-refractivity contribution in [2.75, 3.05) is 12.3 Å². The minimum Gasteiger partial charge on any atom is -0.396 e. The minimum absolute atomic E-state index is 0.223. The Balaban J connectivity index is 1.86. The zero-order valence-corrected chi connectivity index (χ0v) is 12.2. The van der Waals surface area contributed by atoms with Gasteiger partial charge in [0.15, 0.2) is 0 Å². The Bertz CT molecular complexity index is 575. The molecule has 0 radical (unpaired) electrons. The molecule has 7 heteroatoms. The van der Waals surface area contributed by atoms with Crippen molar-refractivity contribution in [3.05, 3.63) is 46.5 Å². The number of aryl methyl sites for hydroxylation is 1. The predicted molar refractivity (Wildman–Crippen MR) is 80.1 cm³/mol. The monoisotopic (exact) mass is 312 g/mol. The van der Waals surface area contributed by atoms with Gasteiger partial charge in [0.25, 0.3) is 5.91 Å². The van der Waals surface area contributed by atoms with Gasteiger partial charge < -0.3 is 15.6 Å². The van der Waals surface area contributed by atoms with E-state index in [2.05, 4.69) is 10.3 Å². The van der Waals surface area contributed by atoms with E-state index in [-0.39, 0.29) is 21.6 Å². The molecule has 0 spiro atoms. The summed E-state index contributed by atoms with van der Waals surface area (Å²) >= 11 is 11.8. The van der Waals surface area contributed by atoms with E-state index >= 15 is 0 Å². The molecule has 0 bridgehead atoms. The topological polar surface area (TPSA) is 72.9 Å². The van der Waals surface area contributed by atoms with E-state index in [1.807, 2.05) is 10.8 Å². The fourth-order valence-electron chi connectivity index (χ4n) is 1.70. The number of anilines is 1. The summed E-state index contributed by atoms with van der Waals surface area (Å²) in [5.74, 6) is -0.223. The Labute approximate surface area is 126 Å². The van der Waals surface area contributed by atoms with Crippen LogP contribution in [0.4, 0.5) is 5.69 Å². The highest BCUT2D eigenvalue weighted by Gasteiger charge is 2.10. The first-order valence-corrected chi connectivity index (χ1v) is 6.82. The molecule has 0 aliphatic heterocycles. The van der Waals surface area contributed by atoms with Gasteiger partial charge in [-0.3, -0.25) is 4.79 Å². The summed E-state index contributed by atoms with van der Waals surface area (Å²) in [5, 5.41) is 3.36. The fraction of sp³-hybridized carbons (Fsp3) is 0.231. The van der Waals surface area contributed by atoms with Gasteiger partial charge >= 0.3 is 0 Å². The van der Waals surface area contributed by atoms with Gasteiger partial charge in [0.05, 0.1) is 22.1 Å². The van der Waals surface area contributed by atoms with Crippen LogP contribution in [0.25, 0.3) is 0 Å². The second kappa shape index (κ2) is 6.63. The van der Waals surface area contributed by atoms with Crippen molar-refractivity contribution in [2.24, 2.45) is 0 Å². The average molecular weight is 313 g/mol. The number of imidazole rings is 1. The third-order valence-electron chi connectivity index (χ3n) is 2.78. The Hall–Kier alpha value is -1.72. The Kier molecular flexibility index (Phi) is 4.87. The fourth-order valence-corrected chi connectivity index (χ4v) is 2.19. The first-order chi connectivity index (χ1) is 9.58. The van der Waals surface area contributed by atoms with E-state index in [0.717, 1.165) is 13.0 Å². The molecular formula is C13H14Cl2N4O. The van der Waals surface area contributed by atoms with Gasteiger partial charge in [-0.05, 0) is 18.6 Å². The number of benzene rings is 1. The van der Waals surface area contributed by atoms with Gasteiger partial charge in [-0.2, -0.15) is 0 Å². The number of carbonyl (C=O) groups is 1. The number of amides is 1. The Morgan fingerprint density at radius 2 is 2.05 bits per heavy atom. The molecule has 0 unspecified atom stereocenters. The van der Waals surface area contributed by atoms with Crippen LogP contribution in [0.3, 0.4) is 0 Å². The third-order valence-corrected chi connectivity index (χ3v) is 3.40. The number of hydrogen-bond donors (Lipinski definition) is 2. The molecule has 20 heavy (non-hydrogen) atoms. The van der Waals surface area contributed by atoms with Gasteiger partial charge in [-0.15, -0.1) is 0 Å².